The number of benzene rings is 1. The number of rotatable bonds is 8. The molecule has 0 bridgehead atoms. The Labute approximate surface area is 128 Å². The van der Waals surface area contributed by atoms with Crippen molar-refractivity contribution in [2.24, 2.45) is 0 Å². The summed E-state index contributed by atoms with van der Waals surface area (Å²) in [5, 5.41) is 0. The van der Waals surface area contributed by atoms with Gasteiger partial charge in [0.15, 0.2) is 0 Å². The van der Waals surface area contributed by atoms with E-state index < -0.39 is 0 Å². The summed E-state index contributed by atoms with van der Waals surface area (Å²) >= 11 is 7.35. The summed E-state index contributed by atoms with van der Waals surface area (Å²) in [6.07, 6.45) is 6.08. The van der Waals surface area contributed by atoms with Crippen molar-refractivity contribution >= 4 is 31.9 Å². The average molecular weight is 378 g/mol. The lowest BCUT2D eigenvalue weighted by atomic mass is 10.1. The molecule has 0 heterocycles. The van der Waals surface area contributed by atoms with Crippen molar-refractivity contribution in [2.75, 3.05) is 6.61 Å². The van der Waals surface area contributed by atoms with Gasteiger partial charge in [-0.05, 0) is 46.5 Å². The van der Waals surface area contributed by atoms with Crippen molar-refractivity contribution < 1.29 is 4.74 Å². The molecule has 102 valence electrons. The molecule has 0 aliphatic heterocycles. The molecule has 0 aliphatic carbocycles. The lowest BCUT2D eigenvalue weighted by Crippen LogP contribution is -1.97. The normalized spacial score (nSPS) is 12.4. The van der Waals surface area contributed by atoms with E-state index in [1.165, 1.54) is 31.2 Å². The molecule has 0 spiro atoms. The molecule has 0 amide bonds. The van der Waals surface area contributed by atoms with E-state index in [9.17, 15) is 0 Å². The largest absolute Gasteiger partial charge is 0.492 e. The maximum Gasteiger partial charge on any atom is 0.133 e. The van der Waals surface area contributed by atoms with E-state index in [-0.39, 0.29) is 0 Å². The molecule has 0 N–H and O–H groups in total. The van der Waals surface area contributed by atoms with E-state index in [1.807, 2.05) is 0 Å². The van der Waals surface area contributed by atoms with Crippen LogP contribution >= 0.6 is 31.9 Å². The monoisotopic (exact) mass is 376 g/mol. The van der Waals surface area contributed by atoms with E-state index in [1.54, 1.807) is 0 Å². The molecular weight excluding hydrogens is 356 g/mol. The molecule has 0 aliphatic rings. The third-order valence-corrected chi connectivity index (χ3v) is 4.45. The Bertz CT molecular complexity index is 352. The molecule has 1 aromatic rings. The molecule has 0 saturated carbocycles. The minimum Gasteiger partial charge on any atom is -0.492 e. The van der Waals surface area contributed by atoms with Crippen molar-refractivity contribution in [3.63, 3.8) is 0 Å². The summed E-state index contributed by atoms with van der Waals surface area (Å²) in [4.78, 5) is 0.445. The summed E-state index contributed by atoms with van der Waals surface area (Å²) < 4.78 is 6.71. The molecule has 18 heavy (non-hydrogen) atoms. The molecule has 3 heteroatoms. The van der Waals surface area contributed by atoms with Crippen LogP contribution in [0.25, 0.3) is 0 Å². The predicted octanol–water partition coefficient (Wildman–Crippen LogP) is 6.25. The predicted molar refractivity (Wildman–Crippen MR) is 85.7 cm³/mol. The summed E-state index contributed by atoms with van der Waals surface area (Å²) in [6.45, 7) is 5.12. The Morgan fingerprint density at radius 1 is 1.17 bits per heavy atom. The summed E-state index contributed by atoms with van der Waals surface area (Å²) in [5.41, 5.74) is 1.32. The van der Waals surface area contributed by atoms with Gasteiger partial charge in [-0.25, -0.2) is 0 Å². The summed E-state index contributed by atoms with van der Waals surface area (Å²) in [5.74, 6) is 0.939. The van der Waals surface area contributed by atoms with Crippen LogP contribution in [0.2, 0.25) is 0 Å². The van der Waals surface area contributed by atoms with Crippen molar-refractivity contribution in [1.82, 2.24) is 0 Å². The fourth-order valence-corrected chi connectivity index (χ4v) is 2.90. The van der Waals surface area contributed by atoms with Crippen molar-refractivity contribution in [2.45, 2.75) is 50.8 Å². The van der Waals surface area contributed by atoms with Gasteiger partial charge in [-0.15, -0.1) is 0 Å². The van der Waals surface area contributed by atoms with Crippen LogP contribution in [0.15, 0.2) is 22.7 Å². The highest BCUT2D eigenvalue weighted by atomic mass is 79.9. The first-order chi connectivity index (χ1) is 8.69. The Hall–Kier alpha value is -0.0200. The van der Waals surface area contributed by atoms with E-state index in [4.69, 9.17) is 4.74 Å². The highest BCUT2D eigenvalue weighted by Crippen LogP contribution is 2.34. The summed E-state index contributed by atoms with van der Waals surface area (Å²) in [6, 6.07) is 6.38. The van der Waals surface area contributed by atoms with Gasteiger partial charge in [0.1, 0.15) is 5.75 Å². The van der Waals surface area contributed by atoms with Crippen LogP contribution in [0.1, 0.15) is 56.3 Å². The third-order valence-electron chi connectivity index (χ3n) is 2.84. The number of halogens is 2. The Balaban J connectivity index is 2.59. The van der Waals surface area contributed by atoms with Crippen LogP contribution in [-0.2, 0) is 0 Å². The number of hydrogen-bond donors (Lipinski definition) is 0. The van der Waals surface area contributed by atoms with Gasteiger partial charge in [0.2, 0.25) is 0 Å². The lowest BCUT2D eigenvalue weighted by Gasteiger charge is -2.13. The molecular formula is C15H22Br2O. The lowest BCUT2D eigenvalue weighted by molar-refractivity contribution is 0.315. The standard InChI is InChI=1S/C15H22Br2O/c1-3-5-6-7-13(16)12-8-9-15(14(17)11-12)18-10-4-2/h8-9,11,13H,3-7,10H2,1-2H3. The molecule has 1 rings (SSSR count). The first-order valence-electron chi connectivity index (χ1n) is 6.75. The van der Waals surface area contributed by atoms with Crippen LogP contribution in [-0.4, -0.2) is 6.61 Å². The smallest absolute Gasteiger partial charge is 0.133 e. The zero-order valence-electron chi connectivity index (χ0n) is 11.2. The van der Waals surface area contributed by atoms with Crippen LogP contribution in [0.3, 0.4) is 0 Å². The van der Waals surface area contributed by atoms with Gasteiger partial charge in [-0.1, -0.05) is 55.1 Å². The maximum atomic E-state index is 5.66. The van der Waals surface area contributed by atoms with E-state index >= 15 is 0 Å². The van der Waals surface area contributed by atoms with Gasteiger partial charge in [0.25, 0.3) is 0 Å². The van der Waals surface area contributed by atoms with Crippen LogP contribution in [0.4, 0.5) is 0 Å². The van der Waals surface area contributed by atoms with Crippen molar-refractivity contribution in [3.05, 3.63) is 28.2 Å². The molecule has 0 saturated heterocycles. The molecule has 1 unspecified atom stereocenters. The van der Waals surface area contributed by atoms with Crippen LogP contribution in [0, 0.1) is 0 Å². The molecule has 1 nitrogen and oxygen atoms in total. The quantitative estimate of drug-likeness (QED) is 0.384. The maximum absolute atomic E-state index is 5.66. The van der Waals surface area contributed by atoms with Crippen LogP contribution < -0.4 is 4.74 Å². The first kappa shape index (κ1) is 16.0. The second kappa shape index (κ2) is 8.98. The van der Waals surface area contributed by atoms with E-state index in [0.717, 1.165) is 23.2 Å². The van der Waals surface area contributed by atoms with Gasteiger partial charge in [-0.2, -0.15) is 0 Å². The minimum atomic E-state index is 0.445. The topological polar surface area (TPSA) is 9.23 Å². The fraction of sp³-hybridized carbons (Fsp3) is 0.600. The molecule has 1 aromatic carbocycles. The van der Waals surface area contributed by atoms with E-state index in [0.29, 0.717) is 4.83 Å². The molecule has 0 radical (unpaired) electrons. The zero-order valence-corrected chi connectivity index (χ0v) is 14.4. The Morgan fingerprint density at radius 3 is 2.56 bits per heavy atom. The Morgan fingerprint density at radius 2 is 1.94 bits per heavy atom. The van der Waals surface area contributed by atoms with Gasteiger partial charge in [0.05, 0.1) is 11.1 Å². The van der Waals surface area contributed by atoms with E-state index in [2.05, 4.69) is 63.9 Å². The zero-order chi connectivity index (χ0) is 13.4. The van der Waals surface area contributed by atoms with Gasteiger partial charge >= 0.3 is 0 Å². The highest BCUT2D eigenvalue weighted by Gasteiger charge is 2.10. The molecule has 1 atom stereocenters. The number of unbranched alkanes of at least 4 members (excludes halogenated alkanes) is 2. The van der Waals surface area contributed by atoms with Gasteiger partial charge in [-0.3, -0.25) is 0 Å². The van der Waals surface area contributed by atoms with Gasteiger partial charge < -0.3 is 4.74 Å². The fourth-order valence-electron chi connectivity index (χ4n) is 1.78. The average Bonchev–Trinajstić information content (AvgIpc) is 2.37. The number of hydrogen-bond acceptors (Lipinski definition) is 1. The van der Waals surface area contributed by atoms with Gasteiger partial charge in [0, 0.05) is 4.83 Å². The van der Waals surface area contributed by atoms with Crippen molar-refractivity contribution in [3.8, 4) is 5.75 Å². The summed E-state index contributed by atoms with van der Waals surface area (Å²) in [7, 11) is 0. The minimum absolute atomic E-state index is 0.445. The second-order valence-corrected chi connectivity index (χ2v) is 6.46. The van der Waals surface area contributed by atoms with Crippen LogP contribution in [0.5, 0.6) is 5.75 Å². The SMILES string of the molecule is CCCCCC(Br)c1ccc(OCCC)c(Br)c1. The molecule has 0 aromatic heterocycles. The molecule has 0 fully saturated rings. The second-order valence-electron chi connectivity index (χ2n) is 4.50. The highest BCUT2D eigenvalue weighted by molar-refractivity contribution is 9.10. The number of alkyl halides is 1. The Kier molecular flexibility index (Phi) is 8.00. The number of ether oxygens (including phenoxy) is 1. The first-order valence-corrected chi connectivity index (χ1v) is 8.46. The third kappa shape index (κ3) is 5.31. The van der Waals surface area contributed by atoms with Crippen molar-refractivity contribution in [1.29, 1.82) is 0 Å².